The van der Waals surface area contributed by atoms with Crippen molar-refractivity contribution in [2.45, 2.75) is 19.4 Å². The Morgan fingerprint density at radius 2 is 1.96 bits per heavy atom. The molecular weight excluding hydrogens is 331 g/mol. The zero-order valence-electron chi connectivity index (χ0n) is 14.7. The van der Waals surface area contributed by atoms with Crippen molar-refractivity contribution in [2.24, 2.45) is 0 Å². The lowest BCUT2D eigenvalue weighted by molar-refractivity contribution is 0.331. The van der Waals surface area contributed by atoms with Crippen LogP contribution < -0.4 is 4.74 Å². The van der Waals surface area contributed by atoms with Crippen molar-refractivity contribution in [1.29, 1.82) is 0 Å². The van der Waals surface area contributed by atoms with Crippen molar-refractivity contribution in [3.63, 3.8) is 0 Å². The molecule has 26 heavy (non-hydrogen) atoms. The maximum Gasteiger partial charge on any atom is 0.181 e. The van der Waals surface area contributed by atoms with Crippen molar-refractivity contribution in [2.75, 3.05) is 20.2 Å². The first-order chi connectivity index (χ1) is 12.7. The van der Waals surface area contributed by atoms with Gasteiger partial charge in [-0.05, 0) is 55.8 Å². The molecule has 0 unspecified atom stereocenters. The third kappa shape index (κ3) is 3.46. The quantitative estimate of drug-likeness (QED) is 0.757. The SMILES string of the molecule is COc1ccc(-c2nc(-c3cccc(CN4CCCC4)c3)n[nH]2)cc1F. The standard InChI is InChI=1S/C20H21FN4O/c1-26-18-8-7-16(12-17(18)21)20-22-19(23-24-20)15-6-4-5-14(11-15)13-25-9-2-3-10-25/h4-8,11-12H,2-3,9-10,13H2,1H3,(H,22,23,24). The van der Waals surface area contributed by atoms with Gasteiger partial charge in [-0.3, -0.25) is 10.00 Å². The smallest absolute Gasteiger partial charge is 0.181 e. The van der Waals surface area contributed by atoms with Crippen LogP contribution in [-0.4, -0.2) is 40.3 Å². The van der Waals surface area contributed by atoms with Crippen LogP contribution in [0.4, 0.5) is 4.39 Å². The summed E-state index contributed by atoms with van der Waals surface area (Å²) in [5.74, 6) is 0.935. The molecule has 1 aromatic heterocycles. The number of aromatic nitrogens is 3. The Balaban J connectivity index is 1.56. The van der Waals surface area contributed by atoms with Gasteiger partial charge in [-0.1, -0.05) is 18.2 Å². The first kappa shape index (κ1) is 16.7. The van der Waals surface area contributed by atoms with Crippen molar-refractivity contribution in [1.82, 2.24) is 20.1 Å². The van der Waals surface area contributed by atoms with Crippen molar-refractivity contribution >= 4 is 0 Å². The number of ether oxygens (including phenoxy) is 1. The average molecular weight is 352 g/mol. The highest BCUT2D eigenvalue weighted by atomic mass is 19.1. The lowest BCUT2D eigenvalue weighted by atomic mass is 10.1. The molecule has 5 nitrogen and oxygen atoms in total. The number of likely N-dealkylation sites (tertiary alicyclic amines) is 1. The van der Waals surface area contributed by atoms with Gasteiger partial charge in [0, 0.05) is 17.7 Å². The van der Waals surface area contributed by atoms with Crippen LogP contribution in [0.5, 0.6) is 5.75 Å². The molecule has 2 heterocycles. The Hall–Kier alpha value is -2.73. The van der Waals surface area contributed by atoms with E-state index in [0.29, 0.717) is 17.2 Å². The first-order valence-corrected chi connectivity index (χ1v) is 8.81. The van der Waals surface area contributed by atoms with Gasteiger partial charge in [0.15, 0.2) is 23.2 Å². The lowest BCUT2D eigenvalue weighted by Gasteiger charge is -2.14. The Kier molecular flexibility index (Phi) is 4.67. The summed E-state index contributed by atoms with van der Waals surface area (Å²) in [6.07, 6.45) is 2.56. The van der Waals surface area contributed by atoms with Crippen molar-refractivity contribution in [3.8, 4) is 28.5 Å². The summed E-state index contributed by atoms with van der Waals surface area (Å²) < 4.78 is 18.9. The van der Waals surface area contributed by atoms with E-state index < -0.39 is 5.82 Å². The summed E-state index contributed by atoms with van der Waals surface area (Å²) in [6.45, 7) is 3.28. The molecule has 2 aromatic carbocycles. The Labute approximate surface area is 151 Å². The number of methoxy groups -OCH3 is 1. The number of nitrogens with zero attached hydrogens (tertiary/aromatic N) is 3. The molecule has 4 rings (SSSR count). The average Bonchev–Trinajstić information content (AvgIpc) is 3.34. The summed E-state index contributed by atoms with van der Waals surface area (Å²) in [5, 5.41) is 7.20. The van der Waals surface area contributed by atoms with Gasteiger partial charge in [-0.2, -0.15) is 5.10 Å². The molecule has 0 aliphatic carbocycles. The largest absolute Gasteiger partial charge is 0.494 e. The minimum absolute atomic E-state index is 0.211. The van der Waals surface area contributed by atoms with Gasteiger partial charge in [-0.25, -0.2) is 9.37 Å². The molecule has 0 spiro atoms. The molecule has 3 aromatic rings. The molecule has 1 fully saturated rings. The van der Waals surface area contributed by atoms with E-state index in [2.05, 4.69) is 32.2 Å². The van der Waals surface area contributed by atoms with Crippen LogP contribution in [0.1, 0.15) is 18.4 Å². The maximum absolute atomic E-state index is 13.9. The number of benzene rings is 2. The van der Waals surface area contributed by atoms with Gasteiger partial charge in [0.25, 0.3) is 0 Å². The molecule has 1 N–H and O–H groups in total. The van der Waals surface area contributed by atoms with Gasteiger partial charge in [0.2, 0.25) is 0 Å². The number of nitrogens with one attached hydrogen (secondary N) is 1. The zero-order chi connectivity index (χ0) is 17.9. The zero-order valence-corrected chi connectivity index (χ0v) is 14.7. The number of hydrogen-bond donors (Lipinski definition) is 1. The van der Waals surface area contributed by atoms with Crippen LogP contribution >= 0.6 is 0 Å². The highest BCUT2D eigenvalue weighted by molar-refractivity contribution is 5.62. The van der Waals surface area contributed by atoms with Crippen LogP contribution in [-0.2, 0) is 6.54 Å². The predicted octanol–water partition coefficient (Wildman–Crippen LogP) is 3.88. The summed E-state index contributed by atoms with van der Waals surface area (Å²) in [4.78, 5) is 6.99. The number of aromatic amines is 1. The minimum Gasteiger partial charge on any atom is -0.494 e. The molecule has 0 radical (unpaired) electrons. The molecular formula is C20H21FN4O. The first-order valence-electron chi connectivity index (χ1n) is 8.81. The number of H-pyrrole nitrogens is 1. The molecule has 1 aliphatic heterocycles. The van der Waals surface area contributed by atoms with Crippen LogP contribution in [0.15, 0.2) is 42.5 Å². The van der Waals surface area contributed by atoms with E-state index in [1.807, 2.05) is 12.1 Å². The van der Waals surface area contributed by atoms with E-state index in [0.717, 1.165) is 25.2 Å². The third-order valence-electron chi connectivity index (χ3n) is 4.70. The Morgan fingerprint density at radius 1 is 1.12 bits per heavy atom. The lowest BCUT2D eigenvalue weighted by Crippen LogP contribution is -2.18. The number of hydrogen-bond acceptors (Lipinski definition) is 4. The van der Waals surface area contributed by atoms with Crippen LogP contribution in [0.2, 0.25) is 0 Å². The van der Waals surface area contributed by atoms with Gasteiger partial charge in [0.05, 0.1) is 7.11 Å². The maximum atomic E-state index is 13.9. The van der Waals surface area contributed by atoms with Gasteiger partial charge in [0.1, 0.15) is 0 Å². The molecule has 0 atom stereocenters. The number of rotatable bonds is 5. The Bertz CT molecular complexity index is 902. The third-order valence-corrected chi connectivity index (χ3v) is 4.70. The van der Waals surface area contributed by atoms with E-state index in [1.165, 1.54) is 31.6 Å². The van der Waals surface area contributed by atoms with Crippen LogP contribution in [0.25, 0.3) is 22.8 Å². The molecule has 1 saturated heterocycles. The Morgan fingerprint density at radius 3 is 2.73 bits per heavy atom. The topological polar surface area (TPSA) is 54.0 Å². The molecule has 0 amide bonds. The second-order valence-corrected chi connectivity index (χ2v) is 6.54. The fourth-order valence-corrected chi connectivity index (χ4v) is 3.34. The van der Waals surface area contributed by atoms with E-state index in [4.69, 9.17) is 4.74 Å². The van der Waals surface area contributed by atoms with Crippen LogP contribution in [0, 0.1) is 5.82 Å². The normalized spacial score (nSPS) is 14.7. The highest BCUT2D eigenvalue weighted by Gasteiger charge is 2.14. The minimum atomic E-state index is -0.421. The molecule has 0 saturated carbocycles. The van der Waals surface area contributed by atoms with Crippen molar-refractivity contribution in [3.05, 3.63) is 53.8 Å². The molecule has 0 bridgehead atoms. The fourth-order valence-electron chi connectivity index (χ4n) is 3.34. The van der Waals surface area contributed by atoms with Crippen molar-refractivity contribution < 1.29 is 9.13 Å². The monoisotopic (exact) mass is 352 g/mol. The van der Waals surface area contributed by atoms with Gasteiger partial charge >= 0.3 is 0 Å². The van der Waals surface area contributed by atoms with Gasteiger partial charge in [-0.15, -0.1) is 0 Å². The van der Waals surface area contributed by atoms with Crippen LogP contribution in [0.3, 0.4) is 0 Å². The summed E-state index contributed by atoms with van der Waals surface area (Å²) in [6, 6.07) is 13.0. The predicted molar refractivity (Wildman–Crippen MR) is 98.3 cm³/mol. The van der Waals surface area contributed by atoms with E-state index in [1.54, 1.807) is 12.1 Å². The highest BCUT2D eigenvalue weighted by Crippen LogP contribution is 2.25. The van der Waals surface area contributed by atoms with Gasteiger partial charge < -0.3 is 4.74 Å². The van der Waals surface area contributed by atoms with E-state index in [-0.39, 0.29) is 5.75 Å². The molecule has 6 heteroatoms. The molecule has 134 valence electrons. The molecule has 1 aliphatic rings. The second-order valence-electron chi connectivity index (χ2n) is 6.54. The van der Waals surface area contributed by atoms with E-state index in [9.17, 15) is 4.39 Å². The van der Waals surface area contributed by atoms with E-state index >= 15 is 0 Å². The fraction of sp³-hybridized carbons (Fsp3) is 0.300. The summed E-state index contributed by atoms with van der Waals surface area (Å²) in [5.41, 5.74) is 2.85. The summed E-state index contributed by atoms with van der Waals surface area (Å²) >= 11 is 0. The second kappa shape index (κ2) is 7.25. The number of halogens is 1. The summed E-state index contributed by atoms with van der Waals surface area (Å²) in [7, 11) is 1.44.